The lowest BCUT2D eigenvalue weighted by Crippen LogP contribution is -2.17. The highest BCUT2D eigenvalue weighted by Crippen LogP contribution is 2.30. The topological polar surface area (TPSA) is 44.5 Å². The van der Waals surface area contributed by atoms with Crippen molar-refractivity contribution in [1.29, 1.82) is 0 Å². The first-order valence-corrected chi connectivity index (χ1v) is 7.52. The van der Waals surface area contributed by atoms with Crippen LogP contribution in [0.1, 0.15) is 30.0 Å². The number of benzene rings is 2. The molecular weight excluding hydrogens is 262 g/mol. The average Bonchev–Trinajstić information content (AvgIpc) is 2.53. The van der Waals surface area contributed by atoms with Crippen molar-refractivity contribution >= 4 is 0 Å². The SMILES string of the molecule is N[C@@H]1CCCc2ccc(OCCOc3ccccc3)cc21. The van der Waals surface area contributed by atoms with E-state index in [1.165, 1.54) is 17.5 Å². The summed E-state index contributed by atoms with van der Waals surface area (Å²) in [6.07, 6.45) is 3.37. The molecule has 110 valence electrons. The molecule has 1 aliphatic carbocycles. The van der Waals surface area contributed by atoms with Gasteiger partial charge < -0.3 is 15.2 Å². The third-order valence-corrected chi connectivity index (χ3v) is 3.84. The quantitative estimate of drug-likeness (QED) is 0.854. The molecule has 0 saturated carbocycles. The largest absolute Gasteiger partial charge is 0.490 e. The van der Waals surface area contributed by atoms with E-state index in [9.17, 15) is 0 Å². The van der Waals surface area contributed by atoms with Crippen molar-refractivity contribution in [3.63, 3.8) is 0 Å². The van der Waals surface area contributed by atoms with E-state index in [-0.39, 0.29) is 6.04 Å². The van der Waals surface area contributed by atoms with E-state index in [4.69, 9.17) is 15.2 Å². The maximum atomic E-state index is 6.17. The number of hydrogen-bond acceptors (Lipinski definition) is 3. The second-order valence-electron chi connectivity index (χ2n) is 5.37. The molecule has 21 heavy (non-hydrogen) atoms. The van der Waals surface area contributed by atoms with Gasteiger partial charge in [0, 0.05) is 6.04 Å². The molecule has 0 saturated heterocycles. The first-order chi connectivity index (χ1) is 10.3. The van der Waals surface area contributed by atoms with Gasteiger partial charge in [0.15, 0.2) is 0 Å². The standard InChI is InChI=1S/C18H21NO2/c19-18-8-4-5-14-9-10-16(13-17(14)18)21-12-11-20-15-6-2-1-3-7-15/h1-3,6-7,9-10,13,18H,4-5,8,11-12,19H2/t18-/m1/s1. The summed E-state index contributed by atoms with van der Waals surface area (Å²) in [6.45, 7) is 1.07. The van der Waals surface area contributed by atoms with E-state index in [1.807, 2.05) is 36.4 Å². The minimum atomic E-state index is 0.151. The fourth-order valence-corrected chi connectivity index (χ4v) is 2.74. The Balaban J connectivity index is 1.53. The van der Waals surface area contributed by atoms with Gasteiger partial charge in [0.2, 0.25) is 0 Å². The zero-order valence-electron chi connectivity index (χ0n) is 12.1. The van der Waals surface area contributed by atoms with Gasteiger partial charge in [-0.3, -0.25) is 0 Å². The molecular formula is C18H21NO2. The van der Waals surface area contributed by atoms with Crippen LogP contribution >= 0.6 is 0 Å². The number of rotatable bonds is 5. The van der Waals surface area contributed by atoms with Crippen molar-refractivity contribution in [3.05, 3.63) is 59.7 Å². The number of nitrogens with two attached hydrogens (primary N) is 1. The highest BCUT2D eigenvalue weighted by atomic mass is 16.5. The molecule has 3 rings (SSSR count). The number of ether oxygens (including phenoxy) is 2. The van der Waals surface area contributed by atoms with Crippen molar-refractivity contribution in [2.24, 2.45) is 5.73 Å². The summed E-state index contributed by atoms with van der Waals surface area (Å²) in [4.78, 5) is 0. The maximum absolute atomic E-state index is 6.17. The lowest BCUT2D eigenvalue weighted by molar-refractivity contribution is 0.217. The van der Waals surface area contributed by atoms with Gasteiger partial charge in [-0.25, -0.2) is 0 Å². The Morgan fingerprint density at radius 2 is 1.71 bits per heavy atom. The van der Waals surface area contributed by atoms with E-state index in [2.05, 4.69) is 12.1 Å². The predicted octanol–water partition coefficient (Wildman–Crippen LogP) is 3.48. The van der Waals surface area contributed by atoms with Crippen LogP contribution in [-0.4, -0.2) is 13.2 Å². The summed E-state index contributed by atoms with van der Waals surface area (Å²) in [7, 11) is 0. The van der Waals surface area contributed by atoms with Gasteiger partial charge in [-0.1, -0.05) is 24.3 Å². The Labute approximate surface area is 125 Å². The van der Waals surface area contributed by atoms with Crippen LogP contribution in [0.5, 0.6) is 11.5 Å². The lowest BCUT2D eigenvalue weighted by Gasteiger charge is -2.22. The summed E-state index contributed by atoms with van der Waals surface area (Å²) in [5, 5.41) is 0. The fourth-order valence-electron chi connectivity index (χ4n) is 2.74. The van der Waals surface area contributed by atoms with Crippen LogP contribution in [0.4, 0.5) is 0 Å². The third-order valence-electron chi connectivity index (χ3n) is 3.84. The molecule has 0 bridgehead atoms. The van der Waals surface area contributed by atoms with Crippen molar-refractivity contribution in [1.82, 2.24) is 0 Å². The second-order valence-corrected chi connectivity index (χ2v) is 5.37. The van der Waals surface area contributed by atoms with Crippen LogP contribution in [0.2, 0.25) is 0 Å². The minimum Gasteiger partial charge on any atom is -0.490 e. The molecule has 0 unspecified atom stereocenters. The van der Waals surface area contributed by atoms with Crippen LogP contribution in [0.25, 0.3) is 0 Å². The zero-order valence-corrected chi connectivity index (χ0v) is 12.1. The van der Waals surface area contributed by atoms with Crippen LogP contribution in [0.3, 0.4) is 0 Å². The Bertz CT molecular complexity index is 583. The van der Waals surface area contributed by atoms with E-state index in [0.29, 0.717) is 13.2 Å². The lowest BCUT2D eigenvalue weighted by atomic mass is 9.88. The van der Waals surface area contributed by atoms with Crippen LogP contribution in [-0.2, 0) is 6.42 Å². The molecule has 0 amide bonds. The first kappa shape index (κ1) is 14.0. The zero-order chi connectivity index (χ0) is 14.5. The average molecular weight is 283 g/mol. The molecule has 2 aromatic carbocycles. The number of aryl methyl sites for hydroxylation is 1. The van der Waals surface area contributed by atoms with Gasteiger partial charge in [-0.2, -0.15) is 0 Å². The molecule has 3 nitrogen and oxygen atoms in total. The highest BCUT2D eigenvalue weighted by Gasteiger charge is 2.17. The van der Waals surface area contributed by atoms with Gasteiger partial charge in [-0.15, -0.1) is 0 Å². The van der Waals surface area contributed by atoms with Crippen LogP contribution in [0, 0.1) is 0 Å². The van der Waals surface area contributed by atoms with Crippen LogP contribution < -0.4 is 15.2 Å². The van der Waals surface area contributed by atoms with Gasteiger partial charge >= 0.3 is 0 Å². The second kappa shape index (κ2) is 6.64. The predicted molar refractivity (Wildman–Crippen MR) is 83.7 cm³/mol. The summed E-state index contributed by atoms with van der Waals surface area (Å²) < 4.78 is 11.4. The Morgan fingerprint density at radius 3 is 2.52 bits per heavy atom. The van der Waals surface area contributed by atoms with Gasteiger partial charge in [-0.05, 0) is 54.7 Å². The molecule has 1 atom stereocenters. The van der Waals surface area contributed by atoms with Gasteiger partial charge in [0.1, 0.15) is 24.7 Å². The molecule has 2 N–H and O–H groups in total. The smallest absolute Gasteiger partial charge is 0.122 e. The molecule has 0 aromatic heterocycles. The molecule has 0 heterocycles. The first-order valence-electron chi connectivity index (χ1n) is 7.52. The molecule has 0 spiro atoms. The van der Waals surface area contributed by atoms with E-state index < -0.39 is 0 Å². The molecule has 0 radical (unpaired) electrons. The molecule has 0 fully saturated rings. The van der Waals surface area contributed by atoms with E-state index in [0.717, 1.165) is 24.3 Å². The van der Waals surface area contributed by atoms with Crippen LogP contribution in [0.15, 0.2) is 48.5 Å². The number of para-hydroxylation sites is 1. The summed E-state index contributed by atoms with van der Waals surface area (Å²) in [5.41, 5.74) is 8.77. The Hall–Kier alpha value is -2.00. The Morgan fingerprint density at radius 1 is 0.952 bits per heavy atom. The van der Waals surface area contributed by atoms with Gasteiger partial charge in [0.05, 0.1) is 0 Å². The van der Waals surface area contributed by atoms with Crippen molar-refractivity contribution in [2.45, 2.75) is 25.3 Å². The van der Waals surface area contributed by atoms with Gasteiger partial charge in [0.25, 0.3) is 0 Å². The molecule has 0 aliphatic heterocycles. The summed E-state index contributed by atoms with van der Waals surface area (Å²) in [6, 6.07) is 16.2. The minimum absolute atomic E-state index is 0.151. The summed E-state index contributed by atoms with van der Waals surface area (Å²) in [5.74, 6) is 1.75. The summed E-state index contributed by atoms with van der Waals surface area (Å²) >= 11 is 0. The van der Waals surface area contributed by atoms with Crippen molar-refractivity contribution < 1.29 is 9.47 Å². The number of hydrogen-bond donors (Lipinski definition) is 1. The monoisotopic (exact) mass is 283 g/mol. The molecule has 1 aliphatic rings. The fraction of sp³-hybridized carbons (Fsp3) is 0.333. The number of fused-ring (bicyclic) bond motifs is 1. The highest BCUT2D eigenvalue weighted by molar-refractivity contribution is 5.39. The van der Waals surface area contributed by atoms with E-state index in [1.54, 1.807) is 0 Å². The molecule has 3 heteroatoms. The van der Waals surface area contributed by atoms with E-state index >= 15 is 0 Å². The molecule has 2 aromatic rings. The van der Waals surface area contributed by atoms with Crippen molar-refractivity contribution in [2.75, 3.05) is 13.2 Å². The third kappa shape index (κ3) is 3.56. The normalized spacial score (nSPS) is 17.1. The van der Waals surface area contributed by atoms with Crippen molar-refractivity contribution in [3.8, 4) is 11.5 Å². The Kier molecular flexibility index (Phi) is 4.41. The maximum Gasteiger partial charge on any atom is 0.122 e.